The summed E-state index contributed by atoms with van der Waals surface area (Å²) in [5.74, 6) is -0.327. The van der Waals surface area contributed by atoms with E-state index in [2.05, 4.69) is 13.8 Å². The number of phosphoric acid groups is 1. The lowest BCUT2D eigenvalue weighted by atomic mass is 10.0. The van der Waals surface area contributed by atoms with Crippen LogP contribution in [0, 0.1) is 0 Å². The zero-order valence-corrected chi connectivity index (χ0v) is 29.8. The van der Waals surface area contributed by atoms with Crippen molar-refractivity contribution >= 4 is 13.8 Å². The predicted molar refractivity (Wildman–Crippen MR) is 183 cm³/mol. The first-order valence-corrected chi connectivity index (χ1v) is 20.0. The number of carbonyl (C=O) groups excluding carboxylic acids is 1. The van der Waals surface area contributed by atoms with E-state index in [1.165, 1.54) is 128 Å². The second-order valence-electron chi connectivity index (χ2n) is 12.5. The SMILES string of the molecule is CCCCCCCCCCCCCCCCCC(=O)OC(COCCCCCCCCCCCC)COP(=O)(O)OCCN. The number of unbranched alkanes of at least 4 members (excludes halogenated alkanes) is 23. The lowest BCUT2D eigenvalue weighted by Crippen LogP contribution is -2.28. The fourth-order valence-electron chi connectivity index (χ4n) is 5.29. The van der Waals surface area contributed by atoms with Crippen molar-refractivity contribution in [3.8, 4) is 0 Å². The standard InChI is InChI=1S/C35H72NO7P/c1-3-5-7-9-11-13-15-16-17-18-19-20-22-24-26-28-35(37)43-34(33-42-44(38,39)41-31-29-36)32-40-30-27-25-23-21-14-12-10-8-6-4-2/h34H,3-33,36H2,1-2H3,(H,38,39). The second kappa shape index (κ2) is 33.9. The summed E-state index contributed by atoms with van der Waals surface area (Å²) >= 11 is 0. The van der Waals surface area contributed by atoms with Gasteiger partial charge in [-0.15, -0.1) is 0 Å². The van der Waals surface area contributed by atoms with Crippen LogP contribution in [-0.4, -0.2) is 49.9 Å². The molecule has 0 aliphatic carbocycles. The molecule has 0 saturated heterocycles. The molecule has 9 heteroatoms. The lowest BCUT2D eigenvalue weighted by molar-refractivity contribution is -0.154. The summed E-state index contributed by atoms with van der Waals surface area (Å²) in [6.45, 7) is 4.94. The molecule has 0 spiro atoms. The van der Waals surface area contributed by atoms with Gasteiger partial charge in [0.25, 0.3) is 0 Å². The van der Waals surface area contributed by atoms with Crippen LogP contribution in [0.1, 0.15) is 181 Å². The first-order chi connectivity index (χ1) is 21.4. The Morgan fingerprint density at radius 2 is 1.00 bits per heavy atom. The number of esters is 1. The minimum Gasteiger partial charge on any atom is -0.457 e. The van der Waals surface area contributed by atoms with E-state index in [1.54, 1.807) is 0 Å². The van der Waals surface area contributed by atoms with Crippen LogP contribution < -0.4 is 5.73 Å². The predicted octanol–water partition coefficient (Wildman–Crippen LogP) is 10.2. The van der Waals surface area contributed by atoms with E-state index in [0.29, 0.717) is 13.0 Å². The van der Waals surface area contributed by atoms with Crippen molar-refractivity contribution in [3.63, 3.8) is 0 Å². The molecule has 0 fully saturated rings. The highest BCUT2D eigenvalue weighted by atomic mass is 31.2. The Kier molecular flexibility index (Phi) is 33.5. The summed E-state index contributed by atoms with van der Waals surface area (Å²) in [7, 11) is -4.26. The van der Waals surface area contributed by atoms with E-state index in [0.717, 1.165) is 32.1 Å². The maximum Gasteiger partial charge on any atom is 0.472 e. The van der Waals surface area contributed by atoms with Crippen LogP contribution in [0.25, 0.3) is 0 Å². The summed E-state index contributed by atoms with van der Waals surface area (Å²) in [5, 5.41) is 0. The molecule has 3 N–H and O–H groups in total. The maximum absolute atomic E-state index is 12.5. The molecule has 0 radical (unpaired) electrons. The normalized spacial score (nSPS) is 13.6. The van der Waals surface area contributed by atoms with Crippen LogP contribution in [0.2, 0.25) is 0 Å². The molecule has 0 aliphatic heterocycles. The molecule has 0 bridgehead atoms. The fraction of sp³-hybridized carbons (Fsp3) is 0.971. The van der Waals surface area contributed by atoms with E-state index in [-0.39, 0.29) is 32.3 Å². The molecule has 0 aromatic heterocycles. The average Bonchev–Trinajstić information content (AvgIpc) is 3.01. The quantitative estimate of drug-likeness (QED) is 0.0391. The van der Waals surface area contributed by atoms with Gasteiger partial charge in [-0.3, -0.25) is 13.8 Å². The van der Waals surface area contributed by atoms with Crippen LogP contribution in [0.5, 0.6) is 0 Å². The summed E-state index contributed by atoms with van der Waals surface area (Å²) < 4.78 is 33.2. The van der Waals surface area contributed by atoms with Crippen molar-refractivity contribution in [2.24, 2.45) is 5.73 Å². The molecule has 0 saturated carbocycles. The monoisotopic (exact) mass is 650 g/mol. The van der Waals surface area contributed by atoms with Crippen molar-refractivity contribution < 1.29 is 32.8 Å². The Morgan fingerprint density at radius 3 is 1.43 bits per heavy atom. The molecule has 0 aromatic carbocycles. The van der Waals surface area contributed by atoms with Gasteiger partial charge < -0.3 is 20.1 Å². The number of ether oxygens (including phenoxy) is 2. The topological polar surface area (TPSA) is 117 Å². The highest BCUT2D eigenvalue weighted by Crippen LogP contribution is 2.43. The molecule has 0 rings (SSSR count). The minimum absolute atomic E-state index is 0.0906. The summed E-state index contributed by atoms with van der Waals surface area (Å²) in [5.41, 5.74) is 5.34. The molecule has 0 amide bonds. The van der Waals surface area contributed by atoms with Crippen molar-refractivity contribution in [2.75, 3.05) is 33.0 Å². The molecule has 0 aromatic rings. The Balaban J connectivity index is 4.04. The van der Waals surface area contributed by atoms with Crippen LogP contribution in [-0.2, 0) is 27.9 Å². The first kappa shape index (κ1) is 43.5. The largest absolute Gasteiger partial charge is 0.472 e. The van der Waals surface area contributed by atoms with Gasteiger partial charge in [0.15, 0.2) is 0 Å². The van der Waals surface area contributed by atoms with Crippen molar-refractivity contribution in [2.45, 2.75) is 187 Å². The Labute approximate surface area is 271 Å². The maximum atomic E-state index is 12.5. The Bertz CT molecular complexity index is 653. The highest BCUT2D eigenvalue weighted by molar-refractivity contribution is 7.47. The van der Waals surface area contributed by atoms with Crippen LogP contribution >= 0.6 is 7.82 Å². The van der Waals surface area contributed by atoms with Gasteiger partial charge in [0.2, 0.25) is 0 Å². The zero-order chi connectivity index (χ0) is 32.4. The molecule has 44 heavy (non-hydrogen) atoms. The van der Waals surface area contributed by atoms with Crippen LogP contribution in [0.3, 0.4) is 0 Å². The van der Waals surface area contributed by atoms with Gasteiger partial charge in [-0.25, -0.2) is 4.57 Å². The molecule has 2 atom stereocenters. The zero-order valence-electron chi connectivity index (χ0n) is 28.9. The Hall–Kier alpha value is -0.500. The van der Waals surface area contributed by atoms with Crippen LogP contribution in [0.4, 0.5) is 0 Å². The van der Waals surface area contributed by atoms with E-state index < -0.39 is 13.9 Å². The van der Waals surface area contributed by atoms with Crippen molar-refractivity contribution in [1.82, 2.24) is 0 Å². The van der Waals surface area contributed by atoms with E-state index in [1.807, 2.05) is 0 Å². The molecule has 2 unspecified atom stereocenters. The molecule has 0 aliphatic rings. The third kappa shape index (κ3) is 32.9. The van der Waals surface area contributed by atoms with Crippen LogP contribution in [0.15, 0.2) is 0 Å². The van der Waals surface area contributed by atoms with E-state index >= 15 is 0 Å². The van der Waals surface area contributed by atoms with Gasteiger partial charge in [0.05, 0.1) is 19.8 Å². The number of hydrogen-bond donors (Lipinski definition) is 2. The smallest absolute Gasteiger partial charge is 0.457 e. The first-order valence-electron chi connectivity index (χ1n) is 18.5. The van der Waals surface area contributed by atoms with E-state index in [9.17, 15) is 14.3 Å². The van der Waals surface area contributed by atoms with Gasteiger partial charge in [-0.1, -0.05) is 162 Å². The van der Waals surface area contributed by atoms with Gasteiger partial charge in [0, 0.05) is 19.6 Å². The van der Waals surface area contributed by atoms with Gasteiger partial charge in [0.1, 0.15) is 6.10 Å². The van der Waals surface area contributed by atoms with Crippen molar-refractivity contribution in [1.29, 1.82) is 0 Å². The third-order valence-corrected chi connectivity index (χ3v) is 9.01. The summed E-state index contributed by atoms with van der Waals surface area (Å²) in [6.07, 6.45) is 31.1. The molecule has 0 heterocycles. The highest BCUT2D eigenvalue weighted by Gasteiger charge is 2.25. The van der Waals surface area contributed by atoms with Gasteiger partial charge in [-0.05, 0) is 12.8 Å². The number of phosphoric ester groups is 1. The van der Waals surface area contributed by atoms with Crippen molar-refractivity contribution in [3.05, 3.63) is 0 Å². The van der Waals surface area contributed by atoms with Gasteiger partial charge >= 0.3 is 13.8 Å². The van der Waals surface area contributed by atoms with Gasteiger partial charge in [-0.2, -0.15) is 0 Å². The minimum atomic E-state index is -4.26. The second-order valence-corrected chi connectivity index (χ2v) is 13.9. The number of hydrogen-bond acceptors (Lipinski definition) is 7. The van der Waals surface area contributed by atoms with E-state index in [4.69, 9.17) is 24.3 Å². The average molecular weight is 650 g/mol. The molecule has 264 valence electrons. The Morgan fingerprint density at radius 1 is 0.591 bits per heavy atom. The summed E-state index contributed by atoms with van der Waals surface area (Å²) in [4.78, 5) is 22.3. The number of nitrogens with two attached hydrogens (primary N) is 1. The molecular weight excluding hydrogens is 577 g/mol. The summed E-state index contributed by atoms with van der Waals surface area (Å²) in [6, 6.07) is 0. The number of rotatable bonds is 36. The number of carbonyl (C=O) groups is 1. The molecular formula is C35H72NO7P. The molecule has 8 nitrogen and oxygen atoms in total. The lowest BCUT2D eigenvalue weighted by Gasteiger charge is -2.20. The third-order valence-electron chi connectivity index (χ3n) is 8.02. The fourth-order valence-corrected chi connectivity index (χ4v) is 6.06.